The minimum atomic E-state index is -1.97. The molecule has 3 aliphatic heterocycles. The Morgan fingerprint density at radius 2 is 0.663 bits per heavy atom. The van der Waals surface area contributed by atoms with Crippen molar-refractivity contribution in [1.29, 1.82) is 0 Å². The van der Waals surface area contributed by atoms with Crippen LogP contribution in [-0.4, -0.2) is 193 Å². The van der Waals surface area contributed by atoms with Crippen LogP contribution in [0.5, 0.6) is 0 Å². The Balaban J connectivity index is 1.33. The van der Waals surface area contributed by atoms with Crippen LogP contribution < -0.4 is 5.32 Å². The molecule has 0 bridgehead atoms. The standard InChI is InChI=1S/C85H155NO18/c1-3-5-7-9-11-13-15-17-19-21-23-25-27-29-30-31-32-33-34-35-36-37-38-39-41-43-45-47-49-51-53-55-57-59-61-63-73(91)86-68(69(90)62-60-58-56-54-52-50-48-46-44-42-40-28-26-24-22-20-18-16-14-12-10-8-6-4-2)67-99-83-79(97)76(94)81(71(65-88)101-83)104-85-80(98)77(95)82(72(66-89)102-85)103-84-78(96)75(93)74(92)70(64-87)100-84/h5,7,11,13,17,19,23,25,29-30,68-72,74-85,87-90,92-98H,3-4,6,8-10,12,14-16,18,20-22,24,26-28,31-67H2,1-2H3,(H,86,91)/b7-5-,13-11-,19-17-,25-23-,30-29-. The third-order valence-electron chi connectivity index (χ3n) is 21.1. The average molecular weight is 1480 g/mol. The minimum absolute atomic E-state index is 0.237. The van der Waals surface area contributed by atoms with Crippen LogP contribution in [0, 0.1) is 0 Å². The lowest BCUT2D eigenvalue weighted by Crippen LogP contribution is -2.66. The molecule has 17 atom stereocenters. The number of allylic oxidation sites excluding steroid dienone is 10. The predicted octanol–water partition coefficient (Wildman–Crippen LogP) is 15.0. The van der Waals surface area contributed by atoms with E-state index in [9.17, 15) is 61.0 Å². The summed E-state index contributed by atoms with van der Waals surface area (Å²) < 4.78 is 34.6. The van der Waals surface area contributed by atoms with E-state index in [1.54, 1.807) is 0 Å². The number of hydrogen-bond donors (Lipinski definition) is 12. The number of aliphatic hydroxyl groups is 11. The Hall–Kier alpha value is -2.51. The Morgan fingerprint density at radius 3 is 1.04 bits per heavy atom. The first-order valence-corrected chi connectivity index (χ1v) is 42.5. The van der Waals surface area contributed by atoms with Gasteiger partial charge in [-0.1, -0.05) is 338 Å². The van der Waals surface area contributed by atoms with Crippen molar-refractivity contribution < 1.29 is 89.4 Å². The molecular weight excluding hydrogens is 1320 g/mol. The molecule has 3 saturated heterocycles. The molecule has 1 amide bonds. The van der Waals surface area contributed by atoms with Crippen LogP contribution in [0.4, 0.5) is 0 Å². The number of aliphatic hydroxyl groups excluding tert-OH is 11. The van der Waals surface area contributed by atoms with E-state index >= 15 is 0 Å². The van der Waals surface area contributed by atoms with Crippen molar-refractivity contribution in [3.05, 3.63) is 60.8 Å². The lowest BCUT2D eigenvalue weighted by atomic mass is 9.96. The second kappa shape index (κ2) is 65.2. The molecule has 0 aromatic heterocycles. The van der Waals surface area contributed by atoms with Gasteiger partial charge in [0.1, 0.15) is 73.2 Å². The SMILES string of the molecule is CC/C=C\C/C=C\C/C=C\C/C=C\C/C=C\CCCCCCCCCCCCCCCCCCCCCC(=O)NC(COC1OC(CO)C(OC2OC(CO)C(OC3OC(CO)C(O)C(O)C3O)C(O)C2O)C(O)C1O)C(O)CCCCCCCCCCCCCCCCCCCCCCCCCC. The van der Waals surface area contributed by atoms with Gasteiger partial charge in [-0.3, -0.25) is 4.79 Å². The van der Waals surface area contributed by atoms with Crippen molar-refractivity contribution in [2.75, 3.05) is 26.4 Å². The maximum absolute atomic E-state index is 13.5. The normalized spacial score (nSPS) is 26.2. The van der Waals surface area contributed by atoms with E-state index in [1.165, 1.54) is 231 Å². The number of carbonyl (C=O) groups is 1. The van der Waals surface area contributed by atoms with Crippen LogP contribution in [0.3, 0.4) is 0 Å². The monoisotopic (exact) mass is 1480 g/mol. The number of unbranched alkanes of at least 4 members (excludes halogenated alkanes) is 42. The Kier molecular flexibility index (Phi) is 60.0. The van der Waals surface area contributed by atoms with Crippen LogP contribution in [0.25, 0.3) is 0 Å². The van der Waals surface area contributed by atoms with Crippen molar-refractivity contribution in [3.8, 4) is 0 Å². The fraction of sp³-hybridized carbons (Fsp3) is 0.871. The highest BCUT2D eigenvalue weighted by Gasteiger charge is 2.54. The number of carbonyl (C=O) groups excluding carboxylic acids is 1. The minimum Gasteiger partial charge on any atom is -0.394 e. The quantitative estimate of drug-likeness (QED) is 0.0199. The fourth-order valence-electron chi connectivity index (χ4n) is 14.3. The van der Waals surface area contributed by atoms with Gasteiger partial charge in [0.25, 0.3) is 0 Å². The Bertz CT molecular complexity index is 2110. The summed E-state index contributed by atoms with van der Waals surface area (Å²) in [7, 11) is 0. The van der Waals surface area contributed by atoms with Gasteiger partial charge in [0.15, 0.2) is 18.9 Å². The molecule has 3 aliphatic rings. The Morgan fingerprint density at radius 1 is 0.356 bits per heavy atom. The first-order chi connectivity index (χ1) is 50.8. The van der Waals surface area contributed by atoms with E-state index in [0.717, 1.165) is 77.0 Å². The first-order valence-electron chi connectivity index (χ1n) is 42.5. The molecule has 3 fully saturated rings. The third-order valence-corrected chi connectivity index (χ3v) is 21.1. The lowest BCUT2D eigenvalue weighted by Gasteiger charge is -2.48. The molecular formula is C85H155NO18. The number of ether oxygens (including phenoxy) is 6. The molecule has 0 aromatic carbocycles. The van der Waals surface area contributed by atoms with E-state index in [1.807, 2.05) is 0 Å². The summed E-state index contributed by atoms with van der Waals surface area (Å²) in [4.78, 5) is 13.5. The largest absolute Gasteiger partial charge is 0.394 e. The van der Waals surface area contributed by atoms with Crippen LogP contribution in [0.15, 0.2) is 60.8 Å². The molecule has 19 heteroatoms. The van der Waals surface area contributed by atoms with Gasteiger partial charge >= 0.3 is 0 Å². The van der Waals surface area contributed by atoms with E-state index in [2.05, 4.69) is 79.9 Å². The third kappa shape index (κ3) is 44.4. The molecule has 0 aliphatic carbocycles. The predicted molar refractivity (Wildman–Crippen MR) is 415 cm³/mol. The van der Waals surface area contributed by atoms with Crippen molar-refractivity contribution in [2.45, 2.75) is 446 Å². The fourth-order valence-corrected chi connectivity index (χ4v) is 14.3. The van der Waals surface area contributed by atoms with Crippen LogP contribution in [0.1, 0.15) is 341 Å². The summed E-state index contributed by atoms with van der Waals surface area (Å²) in [6.07, 6.45) is 57.4. The molecule has 608 valence electrons. The smallest absolute Gasteiger partial charge is 0.220 e. The number of amides is 1. The second-order valence-corrected chi connectivity index (χ2v) is 30.3. The zero-order valence-electron chi connectivity index (χ0n) is 65.3. The molecule has 3 rings (SSSR count). The molecule has 0 saturated carbocycles. The summed E-state index contributed by atoms with van der Waals surface area (Å²) in [5.41, 5.74) is 0. The van der Waals surface area contributed by atoms with Crippen molar-refractivity contribution in [2.24, 2.45) is 0 Å². The van der Waals surface area contributed by atoms with Crippen LogP contribution in [0.2, 0.25) is 0 Å². The molecule has 3 heterocycles. The number of rotatable bonds is 68. The van der Waals surface area contributed by atoms with Crippen molar-refractivity contribution in [3.63, 3.8) is 0 Å². The number of hydrogen-bond acceptors (Lipinski definition) is 18. The highest BCUT2D eigenvalue weighted by molar-refractivity contribution is 5.76. The van der Waals surface area contributed by atoms with Gasteiger partial charge in [0, 0.05) is 6.42 Å². The van der Waals surface area contributed by atoms with E-state index in [4.69, 9.17) is 28.4 Å². The van der Waals surface area contributed by atoms with Gasteiger partial charge in [0.2, 0.25) is 5.91 Å². The summed E-state index contributed by atoms with van der Waals surface area (Å²) in [6, 6.07) is -0.889. The molecule has 0 spiro atoms. The zero-order valence-corrected chi connectivity index (χ0v) is 65.3. The molecule has 19 nitrogen and oxygen atoms in total. The molecule has 104 heavy (non-hydrogen) atoms. The van der Waals surface area contributed by atoms with Crippen molar-refractivity contribution in [1.82, 2.24) is 5.32 Å². The molecule has 0 aromatic rings. The maximum atomic E-state index is 13.5. The van der Waals surface area contributed by atoms with E-state index in [0.29, 0.717) is 12.8 Å². The van der Waals surface area contributed by atoms with E-state index < -0.39 is 124 Å². The molecule has 17 unspecified atom stereocenters. The Labute approximate surface area is 630 Å². The first kappa shape index (κ1) is 95.7. The molecule has 12 N–H and O–H groups in total. The van der Waals surface area contributed by atoms with Gasteiger partial charge in [-0.05, 0) is 57.8 Å². The van der Waals surface area contributed by atoms with Gasteiger partial charge in [-0.15, -0.1) is 0 Å². The summed E-state index contributed by atoms with van der Waals surface area (Å²) in [6.45, 7) is 1.74. The van der Waals surface area contributed by atoms with Gasteiger partial charge < -0.3 is 89.9 Å². The zero-order chi connectivity index (χ0) is 75.3. The van der Waals surface area contributed by atoms with Crippen LogP contribution >= 0.6 is 0 Å². The lowest BCUT2D eigenvalue weighted by molar-refractivity contribution is -0.379. The second-order valence-electron chi connectivity index (χ2n) is 30.3. The summed E-state index contributed by atoms with van der Waals surface area (Å²) in [5, 5.41) is 121. The topological polar surface area (TPSA) is 307 Å². The van der Waals surface area contributed by atoms with Gasteiger partial charge in [-0.2, -0.15) is 0 Å². The molecule has 0 radical (unpaired) electrons. The average Bonchev–Trinajstić information content (AvgIpc) is 0.783. The highest BCUT2D eigenvalue weighted by atomic mass is 16.8. The highest BCUT2D eigenvalue weighted by Crippen LogP contribution is 2.33. The van der Waals surface area contributed by atoms with E-state index in [-0.39, 0.29) is 18.9 Å². The maximum Gasteiger partial charge on any atom is 0.220 e. The summed E-state index contributed by atoms with van der Waals surface area (Å²) >= 11 is 0. The number of nitrogens with one attached hydrogen (secondary N) is 1. The van der Waals surface area contributed by atoms with Gasteiger partial charge in [-0.25, -0.2) is 0 Å². The van der Waals surface area contributed by atoms with Crippen molar-refractivity contribution >= 4 is 5.91 Å². The van der Waals surface area contributed by atoms with Crippen LogP contribution in [-0.2, 0) is 33.2 Å². The van der Waals surface area contributed by atoms with Gasteiger partial charge in [0.05, 0.1) is 38.6 Å². The summed E-state index contributed by atoms with van der Waals surface area (Å²) in [5.74, 6) is -0.237.